The Balaban J connectivity index is 2.27. The third-order valence-electron chi connectivity index (χ3n) is 2.28. The first-order valence-electron chi connectivity index (χ1n) is 4.85. The molecule has 0 radical (unpaired) electrons. The molecule has 1 heterocycles. The fourth-order valence-electron chi connectivity index (χ4n) is 1.56. The van der Waals surface area contributed by atoms with Crippen LogP contribution in [0, 0.1) is 6.92 Å². The van der Waals surface area contributed by atoms with Gasteiger partial charge < -0.3 is 5.11 Å². The third kappa shape index (κ3) is 2.08. The molecule has 0 aliphatic rings. The van der Waals surface area contributed by atoms with Gasteiger partial charge in [0.2, 0.25) is 0 Å². The number of carbonyl (C=O) groups is 1. The van der Waals surface area contributed by atoms with Crippen molar-refractivity contribution in [2.75, 3.05) is 0 Å². The van der Waals surface area contributed by atoms with Gasteiger partial charge in [0.1, 0.15) is 5.69 Å². The number of aromatic carboxylic acids is 1. The average Bonchev–Trinajstić information content (AvgIpc) is 2.66. The van der Waals surface area contributed by atoms with Crippen LogP contribution in [0.25, 0.3) is 0 Å². The summed E-state index contributed by atoms with van der Waals surface area (Å²) >= 11 is 0. The molecule has 2 aromatic rings. The minimum absolute atomic E-state index is 0.0125. The summed E-state index contributed by atoms with van der Waals surface area (Å²) in [6.07, 6.45) is 0.472. The highest BCUT2D eigenvalue weighted by molar-refractivity contribution is 5.86. The molecular weight excluding hydrogens is 206 g/mol. The first kappa shape index (κ1) is 10.4. The van der Waals surface area contributed by atoms with E-state index in [-0.39, 0.29) is 5.69 Å². The molecule has 0 saturated carbocycles. The number of aromatic amines is 1. The van der Waals surface area contributed by atoms with Crippen molar-refractivity contribution in [3.05, 3.63) is 46.8 Å². The number of carboxylic acids is 1. The molecule has 0 aliphatic heterocycles. The number of aryl methyl sites for hydroxylation is 1. The van der Waals surface area contributed by atoms with Gasteiger partial charge in [-0.1, -0.05) is 29.8 Å². The molecule has 16 heavy (non-hydrogen) atoms. The number of nitrogens with one attached hydrogen (secondary N) is 1. The standard InChI is InChI=1S/C11H11N3O2/c1-7-3-2-4-8(5-7)6-9-10(11(15)16)13-14-12-9/h2-5H,6H2,1H3,(H,15,16)(H,12,13,14). The summed E-state index contributed by atoms with van der Waals surface area (Å²) in [6.45, 7) is 1.99. The summed E-state index contributed by atoms with van der Waals surface area (Å²) in [7, 11) is 0. The Bertz CT molecular complexity index is 519. The minimum atomic E-state index is -1.06. The molecule has 1 aromatic carbocycles. The van der Waals surface area contributed by atoms with Crippen molar-refractivity contribution < 1.29 is 9.90 Å². The molecule has 0 spiro atoms. The third-order valence-corrected chi connectivity index (χ3v) is 2.28. The van der Waals surface area contributed by atoms with Crippen LogP contribution in [0.5, 0.6) is 0 Å². The van der Waals surface area contributed by atoms with E-state index >= 15 is 0 Å². The second-order valence-corrected chi connectivity index (χ2v) is 3.59. The van der Waals surface area contributed by atoms with Crippen molar-refractivity contribution in [1.82, 2.24) is 15.4 Å². The van der Waals surface area contributed by atoms with Crippen LogP contribution in [0.3, 0.4) is 0 Å². The molecule has 2 N–H and O–H groups in total. The lowest BCUT2D eigenvalue weighted by Gasteiger charge is -2.00. The maximum atomic E-state index is 10.8. The molecule has 0 bridgehead atoms. The van der Waals surface area contributed by atoms with Crippen LogP contribution in [0.15, 0.2) is 24.3 Å². The fraction of sp³-hybridized carbons (Fsp3) is 0.182. The van der Waals surface area contributed by atoms with Crippen LogP contribution in [-0.2, 0) is 6.42 Å². The second-order valence-electron chi connectivity index (χ2n) is 3.59. The minimum Gasteiger partial charge on any atom is -0.476 e. The number of nitrogens with zero attached hydrogens (tertiary/aromatic N) is 2. The average molecular weight is 217 g/mol. The number of hydrogen-bond donors (Lipinski definition) is 2. The summed E-state index contributed by atoms with van der Waals surface area (Å²) < 4.78 is 0. The molecular formula is C11H11N3O2. The molecule has 0 fully saturated rings. The predicted molar refractivity (Wildman–Crippen MR) is 57.3 cm³/mol. The van der Waals surface area contributed by atoms with E-state index in [1.165, 1.54) is 0 Å². The van der Waals surface area contributed by atoms with Gasteiger partial charge in [-0.05, 0) is 12.5 Å². The lowest BCUT2D eigenvalue weighted by molar-refractivity contribution is 0.0689. The first-order valence-corrected chi connectivity index (χ1v) is 4.85. The zero-order chi connectivity index (χ0) is 11.5. The van der Waals surface area contributed by atoms with E-state index in [4.69, 9.17) is 5.11 Å². The van der Waals surface area contributed by atoms with Gasteiger partial charge in [-0.2, -0.15) is 10.3 Å². The van der Waals surface area contributed by atoms with E-state index < -0.39 is 5.97 Å². The highest BCUT2D eigenvalue weighted by atomic mass is 16.4. The highest BCUT2D eigenvalue weighted by Gasteiger charge is 2.14. The predicted octanol–water partition coefficient (Wildman–Crippen LogP) is 1.40. The van der Waals surface area contributed by atoms with Crippen LogP contribution in [-0.4, -0.2) is 26.5 Å². The molecule has 1 aromatic heterocycles. The lowest BCUT2D eigenvalue weighted by Crippen LogP contribution is -2.02. The quantitative estimate of drug-likeness (QED) is 0.814. The van der Waals surface area contributed by atoms with Crippen LogP contribution in [0.1, 0.15) is 27.3 Å². The van der Waals surface area contributed by atoms with Gasteiger partial charge in [0.15, 0.2) is 5.69 Å². The molecule has 0 aliphatic carbocycles. The van der Waals surface area contributed by atoms with Crippen molar-refractivity contribution in [2.24, 2.45) is 0 Å². The molecule has 0 amide bonds. The highest BCUT2D eigenvalue weighted by Crippen LogP contribution is 2.11. The maximum Gasteiger partial charge on any atom is 0.358 e. The van der Waals surface area contributed by atoms with Gasteiger partial charge in [0, 0.05) is 6.42 Å². The van der Waals surface area contributed by atoms with Crippen LogP contribution < -0.4 is 0 Å². The Morgan fingerprint density at radius 3 is 2.94 bits per heavy atom. The van der Waals surface area contributed by atoms with Gasteiger partial charge >= 0.3 is 5.97 Å². The number of benzene rings is 1. The lowest BCUT2D eigenvalue weighted by atomic mass is 10.1. The number of hydrogen-bond acceptors (Lipinski definition) is 3. The molecule has 0 unspecified atom stereocenters. The van der Waals surface area contributed by atoms with Gasteiger partial charge in [0.25, 0.3) is 0 Å². The summed E-state index contributed by atoms with van der Waals surface area (Å²) in [6, 6.07) is 7.86. The molecule has 2 rings (SSSR count). The van der Waals surface area contributed by atoms with Gasteiger partial charge in [-0.3, -0.25) is 0 Å². The summed E-state index contributed by atoms with van der Waals surface area (Å²) in [5, 5.41) is 18.6. The first-order chi connectivity index (χ1) is 7.66. The Morgan fingerprint density at radius 1 is 1.44 bits per heavy atom. The fourth-order valence-corrected chi connectivity index (χ4v) is 1.56. The van der Waals surface area contributed by atoms with E-state index in [0.717, 1.165) is 11.1 Å². The van der Waals surface area contributed by atoms with Crippen molar-refractivity contribution in [1.29, 1.82) is 0 Å². The van der Waals surface area contributed by atoms with Crippen molar-refractivity contribution >= 4 is 5.97 Å². The monoisotopic (exact) mass is 217 g/mol. The number of H-pyrrole nitrogens is 1. The van der Waals surface area contributed by atoms with Crippen molar-refractivity contribution in [3.63, 3.8) is 0 Å². The van der Waals surface area contributed by atoms with Gasteiger partial charge in [0.05, 0.1) is 0 Å². The normalized spacial score (nSPS) is 10.3. The zero-order valence-corrected chi connectivity index (χ0v) is 8.77. The number of carboxylic acid groups (broad SMARTS) is 1. The van der Waals surface area contributed by atoms with E-state index in [9.17, 15) is 4.79 Å². The number of aromatic nitrogens is 3. The van der Waals surface area contributed by atoms with E-state index in [1.54, 1.807) is 0 Å². The summed E-state index contributed by atoms with van der Waals surface area (Å²) in [5.74, 6) is -1.06. The smallest absolute Gasteiger partial charge is 0.358 e. The Morgan fingerprint density at radius 2 is 2.25 bits per heavy atom. The van der Waals surface area contributed by atoms with Gasteiger partial charge in [-0.25, -0.2) is 4.79 Å². The van der Waals surface area contributed by atoms with Gasteiger partial charge in [-0.15, -0.1) is 5.10 Å². The Hall–Kier alpha value is -2.17. The summed E-state index contributed by atoms with van der Waals surface area (Å²) in [4.78, 5) is 10.8. The van der Waals surface area contributed by atoms with Crippen LogP contribution in [0.4, 0.5) is 0 Å². The molecule has 5 nitrogen and oxygen atoms in total. The van der Waals surface area contributed by atoms with Crippen LogP contribution in [0.2, 0.25) is 0 Å². The Labute approximate surface area is 92.1 Å². The van der Waals surface area contributed by atoms with E-state index in [2.05, 4.69) is 15.4 Å². The van der Waals surface area contributed by atoms with Crippen LogP contribution >= 0.6 is 0 Å². The SMILES string of the molecule is Cc1cccc(Cc2n[nH]nc2C(=O)O)c1. The summed E-state index contributed by atoms with van der Waals surface area (Å²) in [5.41, 5.74) is 2.61. The molecule has 0 saturated heterocycles. The van der Waals surface area contributed by atoms with Crippen molar-refractivity contribution in [3.8, 4) is 0 Å². The molecule has 0 atom stereocenters. The second kappa shape index (κ2) is 4.14. The number of rotatable bonds is 3. The van der Waals surface area contributed by atoms with E-state index in [1.807, 2.05) is 31.2 Å². The van der Waals surface area contributed by atoms with Crippen molar-refractivity contribution in [2.45, 2.75) is 13.3 Å². The topological polar surface area (TPSA) is 78.9 Å². The molecule has 82 valence electrons. The van der Waals surface area contributed by atoms with E-state index in [0.29, 0.717) is 12.1 Å². The Kier molecular flexibility index (Phi) is 2.68. The largest absolute Gasteiger partial charge is 0.476 e. The zero-order valence-electron chi connectivity index (χ0n) is 8.77. The molecule has 5 heteroatoms. The maximum absolute atomic E-state index is 10.8.